The Balaban J connectivity index is 2.08. The number of hydrogen-bond acceptors (Lipinski definition) is 3. The molecule has 1 aliphatic rings. The van der Waals surface area contributed by atoms with Crippen LogP contribution < -0.4 is 5.32 Å². The van der Waals surface area contributed by atoms with Crippen molar-refractivity contribution in [1.29, 1.82) is 0 Å². The molecule has 0 spiro atoms. The van der Waals surface area contributed by atoms with E-state index in [1.165, 1.54) is 41.3 Å². The minimum absolute atomic E-state index is 0.424. The summed E-state index contributed by atoms with van der Waals surface area (Å²) < 4.78 is 0. The molecule has 0 bridgehead atoms. The Morgan fingerprint density at radius 1 is 1.24 bits per heavy atom. The molecule has 2 nitrogen and oxygen atoms in total. The predicted octanol–water partition coefficient (Wildman–Crippen LogP) is 4.74. The van der Waals surface area contributed by atoms with E-state index in [0.717, 1.165) is 18.9 Å². The highest BCUT2D eigenvalue weighted by atomic mass is 32.1. The summed E-state index contributed by atoms with van der Waals surface area (Å²) in [6.45, 7) is 12.7. The standard InChI is InChI=1S/C18H32N2S/c1-13-14(2)21-16(20-13)11-18(12-19-6)9-7-15(8-10-18)17(3,4)5/h15,19H,7-12H2,1-6H3. The molecule has 0 saturated heterocycles. The van der Waals surface area contributed by atoms with Crippen LogP contribution in [0.2, 0.25) is 0 Å². The van der Waals surface area contributed by atoms with Crippen LogP contribution in [0.25, 0.3) is 0 Å². The van der Waals surface area contributed by atoms with Gasteiger partial charge in [0.05, 0.1) is 10.7 Å². The van der Waals surface area contributed by atoms with Gasteiger partial charge in [-0.05, 0) is 63.3 Å². The third-order valence-electron chi connectivity index (χ3n) is 5.42. The molecule has 0 aliphatic heterocycles. The monoisotopic (exact) mass is 308 g/mol. The highest BCUT2D eigenvalue weighted by Gasteiger charge is 2.39. The lowest BCUT2D eigenvalue weighted by atomic mass is 9.63. The van der Waals surface area contributed by atoms with Crippen LogP contribution in [0.5, 0.6) is 0 Å². The number of thiazole rings is 1. The lowest BCUT2D eigenvalue weighted by Crippen LogP contribution is -2.40. The van der Waals surface area contributed by atoms with Crippen molar-refractivity contribution in [2.75, 3.05) is 13.6 Å². The van der Waals surface area contributed by atoms with Crippen LogP contribution in [0.4, 0.5) is 0 Å². The van der Waals surface area contributed by atoms with Crippen LogP contribution in [0, 0.1) is 30.6 Å². The Labute approximate surface area is 134 Å². The van der Waals surface area contributed by atoms with Gasteiger partial charge in [0.2, 0.25) is 0 Å². The highest BCUT2D eigenvalue weighted by Crippen LogP contribution is 2.47. The van der Waals surface area contributed by atoms with Gasteiger partial charge >= 0.3 is 0 Å². The molecule has 2 rings (SSSR count). The first-order valence-corrected chi connectivity index (χ1v) is 9.15. The molecule has 21 heavy (non-hydrogen) atoms. The third-order valence-corrected chi connectivity index (χ3v) is 6.49. The van der Waals surface area contributed by atoms with E-state index in [0.29, 0.717) is 10.8 Å². The summed E-state index contributed by atoms with van der Waals surface area (Å²) in [4.78, 5) is 6.17. The van der Waals surface area contributed by atoms with Crippen LogP contribution in [0.1, 0.15) is 62.0 Å². The van der Waals surface area contributed by atoms with Gasteiger partial charge in [-0.3, -0.25) is 0 Å². The van der Waals surface area contributed by atoms with Gasteiger partial charge in [0.1, 0.15) is 0 Å². The normalized spacial score (nSPS) is 27.0. The van der Waals surface area contributed by atoms with Crippen molar-refractivity contribution in [3.05, 3.63) is 15.6 Å². The number of nitrogens with zero attached hydrogens (tertiary/aromatic N) is 1. The number of hydrogen-bond donors (Lipinski definition) is 1. The van der Waals surface area contributed by atoms with E-state index in [4.69, 9.17) is 4.98 Å². The Morgan fingerprint density at radius 2 is 1.86 bits per heavy atom. The number of rotatable bonds is 4. The maximum Gasteiger partial charge on any atom is 0.0936 e. The SMILES string of the molecule is CNCC1(Cc2nc(C)c(C)s2)CCC(C(C)(C)C)CC1. The molecule has 1 N–H and O–H groups in total. The average molecular weight is 309 g/mol. The Morgan fingerprint density at radius 3 is 2.29 bits per heavy atom. The zero-order valence-electron chi connectivity index (χ0n) is 14.7. The topological polar surface area (TPSA) is 24.9 Å². The second kappa shape index (κ2) is 6.37. The predicted molar refractivity (Wildman–Crippen MR) is 93.1 cm³/mol. The van der Waals surface area contributed by atoms with Gasteiger partial charge in [-0.25, -0.2) is 4.98 Å². The second-order valence-corrected chi connectivity index (χ2v) is 9.38. The lowest BCUT2D eigenvalue weighted by Gasteiger charge is -2.44. The van der Waals surface area contributed by atoms with E-state index in [1.54, 1.807) is 0 Å². The molecule has 1 heterocycles. The van der Waals surface area contributed by atoms with Crippen LogP contribution >= 0.6 is 11.3 Å². The number of aromatic nitrogens is 1. The summed E-state index contributed by atoms with van der Waals surface area (Å²) in [6.07, 6.45) is 6.58. The van der Waals surface area contributed by atoms with Crippen LogP contribution in [-0.4, -0.2) is 18.6 Å². The summed E-state index contributed by atoms with van der Waals surface area (Å²) >= 11 is 1.90. The van der Waals surface area contributed by atoms with E-state index < -0.39 is 0 Å². The van der Waals surface area contributed by atoms with Crippen molar-refractivity contribution >= 4 is 11.3 Å². The van der Waals surface area contributed by atoms with Gasteiger partial charge in [-0.1, -0.05) is 20.8 Å². The zero-order valence-corrected chi connectivity index (χ0v) is 15.5. The van der Waals surface area contributed by atoms with Crippen LogP contribution in [0.15, 0.2) is 0 Å². The minimum atomic E-state index is 0.424. The summed E-state index contributed by atoms with van der Waals surface area (Å²) in [7, 11) is 2.09. The van der Waals surface area contributed by atoms with E-state index >= 15 is 0 Å². The molecular weight excluding hydrogens is 276 g/mol. The fourth-order valence-electron chi connectivity index (χ4n) is 3.82. The molecule has 1 aromatic rings. The van der Waals surface area contributed by atoms with Crippen molar-refractivity contribution in [2.45, 2.75) is 66.7 Å². The lowest BCUT2D eigenvalue weighted by molar-refractivity contribution is 0.0876. The van der Waals surface area contributed by atoms with Crippen molar-refractivity contribution in [3.63, 3.8) is 0 Å². The smallest absolute Gasteiger partial charge is 0.0936 e. The first-order valence-electron chi connectivity index (χ1n) is 8.33. The minimum Gasteiger partial charge on any atom is -0.319 e. The van der Waals surface area contributed by atoms with E-state index in [-0.39, 0.29) is 0 Å². The molecule has 1 aromatic heterocycles. The molecule has 0 radical (unpaired) electrons. The average Bonchev–Trinajstić information content (AvgIpc) is 2.67. The zero-order chi connectivity index (χ0) is 15.7. The third kappa shape index (κ3) is 4.07. The van der Waals surface area contributed by atoms with Crippen molar-refractivity contribution < 1.29 is 0 Å². The quantitative estimate of drug-likeness (QED) is 0.868. The van der Waals surface area contributed by atoms with Gasteiger partial charge in [0, 0.05) is 17.8 Å². The van der Waals surface area contributed by atoms with Crippen molar-refractivity contribution in [2.24, 2.45) is 16.7 Å². The highest BCUT2D eigenvalue weighted by molar-refractivity contribution is 7.11. The van der Waals surface area contributed by atoms with E-state index in [2.05, 4.69) is 47.0 Å². The van der Waals surface area contributed by atoms with Crippen molar-refractivity contribution in [3.8, 4) is 0 Å². The number of nitrogens with one attached hydrogen (secondary N) is 1. The number of aryl methyl sites for hydroxylation is 2. The first kappa shape index (κ1) is 17.0. The molecule has 0 atom stereocenters. The Kier molecular flexibility index (Phi) is 5.15. The largest absolute Gasteiger partial charge is 0.319 e. The van der Waals surface area contributed by atoms with E-state index in [1.807, 2.05) is 11.3 Å². The van der Waals surface area contributed by atoms with Gasteiger partial charge in [0.25, 0.3) is 0 Å². The van der Waals surface area contributed by atoms with Crippen molar-refractivity contribution in [1.82, 2.24) is 10.3 Å². The Hall–Kier alpha value is -0.410. The maximum atomic E-state index is 4.79. The first-order chi connectivity index (χ1) is 9.76. The summed E-state index contributed by atoms with van der Waals surface area (Å²) in [5.74, 6) is 0.877. The summed E-state index contributed by atoms with van der Waals surface area (Å²) in [5, 5.41) is 4.79. The van der Waals surface area contributed by atoms with Gasteiger partial charge in [0.15, 0.2) is 0 Å². The molecule has 0 unspecified atom stereocenters. The fourth-order valence-corrected chi connectivity index (χ4v) is 4.93. The van der Waals surface area contributed by atoms with Gasteiger partial charge in [-0.2, -0.15) is 0 Å². The molecule has 3 heteroatoms. The van der Waals surface area contributed by atoms with Crippen LogP contribution in [-0.2, 0) is 6.42 Å². The molecule has 1 fully saturated rings. The molecule has 0 amide bonds. The maximum absolute atomic E-state index is 4.79. The Bertz CT molecular complexity index is 443. The fraction of sp³-hybridized carbons (Fsp3) is 0.833. The summed E-state index contributed by atoms with van der Waals surface area (Å²) in [6, 6.07) is 0. The van der Waals surface area contributed by atoms with E-state index in [9.17, 15) is 0 Å². The molecule has 1 saturated carbocycles. The van der Waals surface area contributed by atoms with Gasteiger partial charge < -0.3 is 5.32 Å². The molecule has 120 valence electrons. The molecule has 0 aromatic carbocycles. The second-order valence-electron chi connectivity index (χ2n) is 8.10. The molecular formula is C18H32N2S. The molecule has 1 aliphatic carbocycles. The van der Waals surface area contributed by atoms with Crippen LogP contribution in [0.3, 0.4) is 0 Å². The van der Waals surface area contributed by atoms with Gasteiger partial charge in [-0.15, -0.1) is 11.3 Å². The summed E-state index contributed by atoms with van der Waals surface area (Å²) in [5.41, 5.74) is 2.10.